The molecule has 0 spiro atoms. The second-order valence-corrected chi connectivity index (χ2v) is 4.74. The number of aryl methyl sites for hydroxylation is 1. The lowest BCUT2D eigenvalue weighted by atomic mass is 10.0. The Bertz CT molecular complexity index is 555. The molecule has 0 saturated carbocycles. The highest BCUT2D eigenvalue weighted by Crippen LogP contribution is 2.23. The summed E-state index contributed by atoms with van der Waals surface area (Å²) in [6.45, 7) is 1.71. The number of benzene rings is 1. The van der Waals surface area contributed by atoms with Gasteiger partial charge in [-0.15, -0.1) is 0 Å². The molecule has 0 amide bonds. The quantitative estimate of drug-likeness (QED) is 0.317. The molecule has 0 aliphatic heterocycles. The first-order chi connectivity index (χ1) is 10.5. The van der Waals surface area contributed by atoms with Crippen LogP contribution in [0.3, 0.4) is 0 Å². The fraction of sp³-hybridized carbons (Fsp3) is 0.467. The zero-order valence-corrected chi connectivity index (χ0v) is 12.7. The van der Waals surface area contributed by atoms with E-state index in [2.05, 4.69) is 4.74 Å². The second kappa shape index (κ2) is 8.76. The van der Waals surface area contributed by atoms with Crippen molar-refractivity contribution in [3.8, 4) is 0 Å². The Balaban J connectivity index is 2.60. The summed E-state index contributed by atoms with van der Waals surface area (Å²) in [5.41, 5.74) is 0.654. The highest BCUT2D eigenvalue weighted by Gasteiger charge is 2.17. The first-order valence-electron chi connectivity index (χ1n) is 6.94. The average Bonchev–Trinajstić information content (AvgIpc) is 2.49. The first-order valence-corrected chi connectivity index (χ1v) is 6.94. The van der Waals surface area contributed by atoms with E-state index in [1.165, 1.54) is 26.2 Å². The predicted molar refractivity (Wildman–Crippen MR) is 78.6 cm³/mol. The standard InChI is InChI=1S/C15H19NO6/c1-11(17)22-9-5-3-4-6-12-7-8-13(15(18)21-2)10-14(12)16(19)20/h7-8,10H,3-6,9H2,1-2H3. The molecule has 0 aliphatic carbocycles. The van der Waals surface area contributed by atoms with Gasteiger partial charge in [0.1, 0.15) is 0 Å². The predicted octanol–water partition coefficient (Wildman–Crippen LogP) is 2.66. The van der Waals surface area contributed by atoms with Crippen LogP contribution in [-0.4, -0.2) is 30.6 Å². The fourth-order valence-electron chi connectivity index (χ4n) is 2.00. The molecule has 1 aromatic carbocycles. The molecule has 0 heterocycles. The Hall–Kier alpha value is -2.44. The topological polar surface area (TPSA) is 95.7 Å². The summed E-state index contributed by atoms with van der Waals surface area (Å²) in [6, 6.07) is 4.34. The van der Waals surface area contributed by atoms with Crippen molar-refractivity contribution >= 4 is 17.6 Å². The summed E-state index contributed by atoms with van der Waals surface area (Å²) in [5, 5.41) is 11.1. The molecule has 0 unspecified atom stereocenters. The third-order valence-corrected chi connectivity index (χ3v) is 3.10. The summed E-state index contributed by atoms with van der Waals surface area (Å²) < 4.78 is 9.36. The molecule has 7 heteroatoms. The van der Waals surface area contributed by atoms with Crippen molar-refractivity contribution in [3.63, 3.8) is 0 Å². The number of unbranched alkanes of at least 4 members (excludes halogenated alkanes) is 2. The molecule has 120 valence electrons. The smallest absolute Gasteiger partial charge is 0.338 e. The van der Waals surface area contributed by atoms with Crippen LogP contribution in [0.2, 0.25) is 0 Å². The highest BCUT2D eigenvalue weighted by molar-refractivity contribution is 5.90. The molecule has 0 radical (unpaired) electrons. The number of hydrogen-bond acceptors (Lipinski definition) is 6. The molecule has 0 atom stereocenters. The summed E-state index contributed by atoms with van der Waals surface area (Å²) in [5.74, 6) is -0.912. The van der Waals surface area contributed by atoms with E-state index >= 15 is 0 Å². The zero-order chi connectivity index (χ0) is 16.5. The van der Waals surface area contributed by atoms with Crippen LogP contribution < -0.4 is 0 Å². The van der Waals surface area contributed by atoms with Crippen LogP contribution in [0.4, 0.5) is 5.69 Å². The van der Waals surface area contributed by atoms with E-state index in [0.717, 1.165) is 12.8 Å². The van der Waals surface area contributed by atoms with E-state index in [4.69, 9.17) is 4.74 Å². The molecule has 0 aliphatic rings. The third kappa shape index (κ3) is 5.51. The number of hydrogen-bond donors (Lipinski definition) is 0. The summed E-state index contributed by atoms with van der Waals surface area (Å²) in [7, 11) is 1.23. The van der Waals surface area contributed by atoms with E-state index in [-0.39, 0.29) is 17.2 Å². The number of nitro groups is 1. The molecular formula is C15H19NO6. The summed E-state index contributed by atoms with van der Waals surface area (Å²) in [6.07, 6.45) is 2.77. The lowest BCUT2D eigenvalue weighted by molar-refractivity contribution is -0.385. The maximum absolute atomic E-state index is 11.4. The molecule has 7 nitrogen and oxygen atoms in total. The largest absolute Gasteiger partial charge is 0.466 e. The summed E-state index contributed by atoms with van der Waals surface area (Å²) in [4.78, 5) is 32.6. The Kier molecular flexibility index (Phi) is 7.01. The minimum Gasteiger partial charge on any atom is -0.466 e. The van der Waals surface area contributed by atoms with Gasteiger partial charge < -0.3 is 9.47 Å². The van der Waals surface area contributed by atoms with Gasteiger partial charge in [-0.1, -0.05) is 6.07 Å². The molecule has 0 aromatic heterocycles. The fourth-order valence-corrected chi connectivity index (χ4v) is 2.00. The van der Waals surface area contributed by atoms with Crippen molar-refractivity contribution in [1.29, 1.82) is 0 Å². The van der Waals surface area contributed by atoms with Crippen LogP contribution >= 0.6 is 0 Å². The number of rotatable bonds is 8. The number of esters is 2. The number of carbonyl (C=O) groups is 2. The number of ether oxygens (including phenoxy) is 2. The van der Waals surface area contributed by atoms with Crippen LogP contribution in [0, 0.1) is 10.1 Å². The van der Waals surface area contributed by atoms with Gasteiger partial charge in [0.25, 0.3) is 5.69 Å². The monoisotopic (exact) mass is 309 g/mol. The molecule has 1 aromatic rings. The highest BCUT2D eigenvalue weighted by atomic mass is 16.6. The van der Waals surface area contributed by atoms with E-state index in [0.29, 0.717) is 25.0 Å². The van der Waals surface area contributed by atoms with Gasteiger partial charge in [0.15, 0.2) is 0 Å². The van der Waals surface area contributed by atoms with Gasteiger partial charge in [-0.2, -0.15) is 0 Å². The Morgan fingerprint density at radius 1 is 1.23 bits per heavy atom. The molecule has 0 fully saturated rings. The van der Waals surface area contributed by atoms with Crippen molar-refractivity contribution in [3.05, 3.63) is 39.4 Å². The van der Waals surface area contributed by atoms with E-state index < -0.39 is 10.9 Å². The van der Waals surface area contributed by atoms with Crippen molar-refractivity contribution in [2.24, 2.45) is 0 Å². The second-order valence-electron chi connectivity index (χ2n) is 4.74. The minimum absolute atomic E-state index is 0.0807. The molecular weight excluding hydrogens is 290 g/mol. The van der Waals surface area contributed by atoms with Crippen LogP contribution in [0.15, 0.2) is 18.2 Å². The van der Waals surface area contributed by atoms with Crippen molar-refractivity contribution in [2.75, 3.05) is 13.7 Å². The minimum atomic E-state index is -0.601. The molecule has 0 N–H and O–H groups in total. The first kappa shape index (κ1) is 17.6. The SMILES string of the molecule is COC(=O)c1ccc(CCCCCOC(C)=O)c([N+](=O)[O-])c1. The number of methoxy groups -OCH3 is 1. The van der Waals surface area contributed by atoms with Crippen LogP contribution in [0.25, 0.3) is 0 Å². The Labute approximate surface area is 128 Å². The maximum Gasteiger partial charge on any atom is 0.338 e. The van der Waals surface area contributed by atoms with Gasteiger partial charge in [0.2, 0.25) is 0 Å². The Morgan fingerprint density at radius 2 is 1.95 bits per heavy atom. The van der Waals surface area contributed by atoms with Gasteiger partial charge in [-0.3, -0.25) is 14.9 Å². The number of carbonyl (C=O) groups excluding carboxylic acids is 2. The zero-order valence-electron chi connectivity index (χ0n) is 12.7. The Morgan fingerprint density at radius 3 is 2.55 bits per heavy atom. The van der Waals surface area contributed by atoms with Crippen LogP contribution in [0.1, 0.15) is 42.1 Å². The van der Waals surface area contributed by atoms with E-state index in [1.54, 1.807) is 6.07 Å². The molecule has 22 heavy (non-hydrogen) atoms. The molecule has 0 bridgehead atoms. The van der Waals surface area contributed by atoms with E-state index in [9.17, 15) is 19.7 Å². The van der Waals surface area contributed by atoms with Gasteiger partial charge in [0.05, 0.1) is 24.2 Å². The van der Waals surface area contributed by atoms with Crippen molar-refractivity contribution < 1.29 is 24.0 Å². The average molecular weight is 309 g/mol. The molecule has 0 saturated heterocycles. The lowest BCUT2D eigenvalue weighted by Crippen LogP contribution is -2.04. The van der Waals surface area contributed by atoms with Gasteiger partial charge in [-0.25, -0.2) is 4.79 Å². The van der Waals surface area contributed by atoms with E-state index in [1.807, 2.05) is 0 Å². The number of nitrogens with zero attached hydrogens (tertiary/aromatic N) is 1. The normalized spacial score (nSPS) is 10.1. The number of nitro benzene ring substituents is 1. The van der Waals surface area contributed by atoms with Gasteiger partial charge in [-0.05, 0) is 31.7 Å². The third-order valence-electron chi connectivity index (χ3n) is 3.10. The lowest BCUT2D eigenvalue weighted by Gasteiger charge is -2.06. The summed E-state index contributed by atoms with van der Waals surface area (Å²) >= 11 is 0. The van der Waals surface area contributed by atoms with Crippen LogP contribution in [-0.2, 0) is 20.7 Å². The van der Waals surface area contributed by atoms with Gasteiger partial charge >= 0.3 is 11.9 Å². The van der Waals surface area contributed by atoms with Gasteiger partial charge in [0, 0.05) is 18.6 Å². The molecule has 1 rings (SSSR count). The van der Waals surface area contributed by atoms with Crippen molar-refractivity contribution in [1.82, 2.24) is 0 Å². The van der Waals surface area contributed by atoms with Crippen LogP contribution in [0.5, 0.6) is 0 Å². The maximum atomic E-state index is 11.4. The van der Waals surface area contributed by atoms with Crippen molar-refractivity contribution in [2.45, 2.75) is 32.6 Å².